The van der Waals surface area contributed by atoms with E-state index in [-0.39, 0.29) is 17.5 Å². The van der Waals surface area contributed by atoms with Gasteiger partial charge in [0.2, 0.25) is 5.91 Å². The number of ether oxygens (including phenoxy) is 1. The molecule has 1 aromatic carbocycles. The lowest BCUT2D eigenvalue weighted by atomic mass is 10.0. The first-order valence-electron chi connectivity index (χ1n) is 7.48. The maximum Gasteiger partial charge on any atom is 0.222 e. The van der Waals surface area contributed by atoms with Crippen LogP contribution in [-0.2, 0) is 11.2 Å². The van der Waals surface area contributed by atoms with E-state index < -0.39 is 0 Å². The summed E-state index contributed by atoms with van der Waals surface area (Å²) in [5, 5.41) is 3.37. The highest BCUT2D eigenvalue weighted by atomic mass is 19.1. The van der Waals surface area contributed by atoms with Gasteiger partial charge in [0.25, 0.3) is 0 Å². The van der Waals surface area contributed by atoms with Crippen molar-refractivity contribution < 1.29 is 13.9 Å². The van der Waals surface area contributed by atoms with Gasteiger partial charge in [-0.05, 0) is 36.0 Å². The highest BCUT2D eigenvalue weighted by Gasteiger charge is 2.37. The maximum absolute atomic E-state index is 13.6. The highest BCUT2D eigenvalue weighted by molar-refractivity contribution is 5.76. The molecule has 21 heavy (non-hydrogen) atoms. The molecule has 3 rings (SSSR count). The number of likely N-dealkylation sites (tertiary alicyclic amines) is 1. The Hall–Kier alpha value is -1.62. The van der Waals surface area contributed by atoms with E-state index in [0.29, 0.717) is 24.7 Å². The number of amides is 1. The number of hydrogen-bond donors (Lipinski definition) is 1. The number of hydrogen-bond acceptors (Lipinski definition) is 3. The first-order valence-corrected chi connectivity index (χ1v) is 7.48. The van der Waals surface area contributed by atoms with Gasteiger partial charge in [0.15, 0.2) is 11.6 Å². The normalized spacial score (nSPS) is 24.2. The zero-order valence-electron chi connectivity index (χ0n) is 12.3. The zero-order valence-corrected chi connectivity index (χ0v) is 12.3. The Balaban J connectivity index is 1.53. The van der Waals surface area contributed by atoms with Crippen molar-refractivity contribution in [3.8, 4) is 5.75 Å². The van der Waals surface area contributed by atoms with Crippen molar-refractivity contribution in [3.05, 3.63) is 29.6 Å². The average Bonchev–Trinajstić information content (AvgIpc) is 3.06. The predicted molar refractivity (Wildman–Crippen MR) is 77.7 cm³/mol. The third-order valence-corrected chi connectivity index (χ3v) is 4.59. The molecule has 2 aliphatic rings. The Morgan fingerprint density at radius 2 is 2.10 bits per heavy atom. The lowest BCUT2D eigenvalue weighted by Gasteiger charge is -2.17. The number of fused-ring (bicyclic) bond motifs is 1. The summed E-state index contributed by atoms with van der Waals surface area (Å²) in [5.41, 5.74) is 0.836. The smallest absolute Gasteiger partial charge is 0.222 e. The van der Waals surface area contributed by atoms with E-state index in [0.717, 1.165) is 31.7 Å². The summed E-state index contributed by atoms with van der Waals surface area (Å²) in [7, 11) is 1.45. The van der Waals surface area contributed by atoms with Gasteiger partial charge < -0.3 is 15.0 Å². The van der Waals surface area contributed by atoms with E-state index in [9.17, 15) is 9.18 Å². The molecule has 4 nitrogen and oxygen atoms in total. The van der Waals surface area contributed by atoms with Crippen molar-refractivity contribution in [3.63, 3.8) is 0 Å². The largest absolute Gasteiger partial charge is 0.494 e. The van der Waals surface area contributed by atoms with Crippen molar-refractivity contribution in [2.75, 3.05) is 33.3 Å². The number of benzene rings is 1. The molecule has 0 aliphatic carbocycles. The molecule has 2 aliphatic heterocycles. The van der Waals surface area contributed by atoms with Gasteiger partial charge in [0, 0.05) is 32.6 Å². The summed E-state index contributed by atoms with van der Waals surface area (Å²) in [6.07, 6.45) is 1.02. The third kappa shape index (κ3) is 3.02. The molecule has 2 saturated heterocycles. The number of carbonyl (C=O) groups is 1. The monoisotopic (exact) mass is 292 g/mol. The molecule has 0 unspecified atom stereocenters. The Kier molecular flexibility index (Phi) is 4.10. The van der Waals surface area contributed by atoms with Crippen LogP contribution in [0, 0.1) is 17.7 Å². The van der Waals surface area contributed by atoms with Gasteiger partial charge in [-0.15, -0.1) is 0 Å². The molecule has 1 amide bonds. The van der Waals surface area contributed by atoms with Crippen molar-refractivity contribution in [2.24, 2.45) is 11.8 Å². The molecule has 0 radical (unpaired) electrons. The topological polar surface area (TPSA) is 41.6 Å². The lowest BCUT2D eigenvalue weighted by molar-refractivity contribution is -0.130. The molecule has 114 valence electrons. The number of nitrogens with one attached hydrogen (secondary N) is 1. The molecule has 0 spiro atoms. The van der Waals surface area contributed by atoms with E-state index in [1.807, 2.05) is 11.0 Å². The number of rotatable bonds is 4. The molecule has 5 heteroatoms. The van der Waals surface area contributed by atoms with Gasteiger partial charge >= 0.3 is 0 Å². The van der Waals surface area contributed by atoms with E-state index in [1.165, 1.54) is 13.2 Å². The van der Waals surface area contributed by atoms with Crippen molar-refractivity contribution in [2.45, 2.75) is 12.8 Å². The first-order chi connectivity index (χ1) is 10.2. The minimum absolute atomic E-state index is 0.181. The molecular formula is C16H21FN2O2. The number of halogens is 1. The summed E-state index contributed by atoms with van der Waals surface area (Å²) in [4.78, 5) is 14.2. The van der Waals surface area contributed by atoms with Crippen LogP contribution in [0.5, 0.6) is 5.75 Å². The zero-order chi connectivity index (χ0) is 14.8. The van der Waals surface area contributed by atoms with E-state index >= 15 is 0 Å². The fourth-order valence-electron chi connectivity index (χ4n) is 3.33. The highest BCUT2D eigenvalue weighted by Crippen LogP contribution is 2.27. The Morgan fingerprint density at radius 1 is 1.38 bits per heavy atom. The molecule has 2 atom stereocenters. The number of nitrogens with zero attached hydrogens (tertiary/aromatic N) is 1. The number of carbonyl (C=O) groups excluding carboxylic acids is 1. The van der Waals surface area contributed by atoms with Crippen LogP contribution < -0.4 is 10.1 Å². The van der Waals surface area contributed by atoms with Crippen LogP contribution >= 0.6 is 0 Å². The van der Waals surface area contributed by atoms with Crippen LogP contribution in [0.1, 0.15) is 12.0 Å². The summed E-state index contributed by atoms with van der Waals surface area (Å²) in [5.74, 6) is 1.29. The van der Waals surface area contributed by atoms with Gasteiger partial charge in [-0.2, -0.15) is 0 Å². The second-order valence-corrected chi connectivity index (χ2v) is 5.95. The van der Waals surface area contributed by atoms with Crippen LogP contribution in [0.2, 0.25) is 0 Å². The summed E-state index contributed by atoms with van der Waals surface area (Å²) in [6.45, 7) is 3.79. The fourth-order valence-corrected chi connectivity index (χ4v) is 3.33. The van der Waals surface area contributed by atoms with Crippen LogP contribution in [0.15, 0.2) is 18.2 Å². The summed E-state index contributed by atoms with van der Waals surface area (Å²) < 4.78 is 18.5. The molecular weight excluding hydrogens is 271 g/mol. The summed E-state index contributed by atoms with van der Waals surface area (Å²) in [6, 6.07) is 4.88. The Labute approximate surface area is 124 Å². The van der Waals surface area contributed by atoms with Crippen molar-refractivity contribution in [1.29, 1.82) is 0 Å². The molecule has 0 aromatic heterocycles. The standard InChI is InChI=1S/C16H21FN2O2/c1-21-15-4-2-11(6-14(15)17)3-5-16(20)19-9-12-7-18-8-13(12)10-19/h2,4,6,12-13,18H,3,5,7-10H2,1H3/t12-,13+. The van der Waals surface area contributed by atoms with E-state index in [1.54, 1.807) is 6.07 Å². The van der Waals surface area contributed by atoms with Crippen LogP contribution in [0.3, 0.4) is 0 Å². The predicted octanol–water partition coefficient (Wildman–Crippen LogP) is 1.44. The van der Waals surface area contributed by atoms with Gasteiger partial charge in [-0.25, -0.2) is 4.39 Å². The van der Waals surface area contributed by atoms with E-state index in [2.05, 4.69) is 5.32 Å². The SMILES string of the molecule is COc1ccc(CCC(=O)N2C[C@H]3CNC[C@H]3C2)cc1F. The fraction of sp³-hybridized carbons (Fsp3) is 0.562. The Morgan fingerprint density at radius 3 is 2.71 bits per heavy atom. The minimum atomic E-state index is -0.371. The third-order valence-electron chi connectivity index (χ3n) is 4.59. The lowest BCUT2D eigenvalue weighted by Crippen LogP contribution is -2.31. The number of aryl methyl sites for hydroxylation is 1. The molecule has 1 aromatic rings. The minimum Gasteiger partial charge on any atom is -0.494 e. The summed E-state index contributed by atoms with van der Waals surface area (Å²) >= 11 is 0. The van der Waals surface area contributed by atoms with Gasteiger partial charge in [-0.1, -0.05) is 6.07 Å². The Bertz CT molecular complexity index is 523. The van der Waals surface area contributed by atoms with Crippen molar-refractivity contribution >= 4 is 5.91 Å². The second-order valence-electron chi connectivity index (χ2n) is 5.95. The van der Waals surface area contributed by atoms with Gasteiger partial charge in [0.05, 0.1) is 7.11 Å². The maximum atomic E-state index is 13.6. The molecule has 1 N–H and O–H groups in total. The van der Waals surface area contributed by atoms with Gasteiger partial charge in [-0.3, -0.25) is 4.79 Å². The second kappa shape index (κ2) is 6.02. The average molecular weight is 292 g/mol. The van der Waals surface area contributed by atoms with Crippen molar-refractivity contribution in [1.82, 2.24) is 10.2 Å². The quantitative estimate of drug-likeness (QED) is 0.913. The molecule has 0 saturated carbocycles. The van der Waals surface area contributed by atoms with Crippen LogP contribution in [-0.4, -0.2) is 44.1 Å². The molecule has 2 fully saturated rings. The first kappa shape index (κ1) is 14.3. The van der Waals surface area contributed by atoms with Gasteiger partial charge in [0.1, 0.15) is 0 Å². The van der Waals surface area contributed by atoms with Crippen LogP contribution in [0.4, 0.5) is 4.39 Å². The molecule has 2 heterocycles. The van der Waals surface area contributed by atoms with E-state index in [4.69, 9.17) is 4.74 Å². The molecule has 0 bridgehead atoms. The van der Waals surface area contributed by atoms with Crippen LogP contribution in [0.25, 0.3) is 0 Å². The number of methoxy groups -OCH3 is 1.